The second-order valence-corrected chi connectivity index (χ2v) is 9.22. The molecular weight excluding hydrogens is 312 g/mol. The van der Waals surface area contributed by atoms with E-state index in [-0.39, 0.29) is 23.6 Å². The second kappa shape index (κ2) is 7.45. The van der Waals surface area contributed by atoms with Gasteiger partial charge < -0.3 is 11.1 Å². The lowest BCUT2D eigenvalue weighted by molar-refractivity contribution is -0.117. The van der Waals surface area contributed by atoms with E-state index >= 15 is 0 Å². The summed E-state index contributed by atoms with van der Waals surface area (Å²) >= 11 is 0. The lowest BCUT2D eigenvalue weighted by Crippen LogP contribution is -2.28. The minimum Gasteiger partial charge on any atom is -0.327 e. The van der Waals surface area contributed by atoms with E-state index in [1.54, 1.807) is 38.1 Å². The largest absolute Gasteiger partial charge is 0.327 e. The number of carbonyl (C=O) groups is 1. The molecule has 0 heterocycles. The Morgan fingerprint density at radius 1 is 1.35 bits per heavy atom. The van der Waals surface area contributed by atoms with Crippen LogP contribution in [-0.4, -0.2) is 25.6 Å². The fraction of sp³-hybridized carbons (Fsp3) is 0.588. The first-order valence-electron chi connectivity index (χ1n) is 8.14. The number of sulfone groups is 1. The van der Waals surface area contributed by atoms with Crippen molar-refractivity contribution in [1.29, 1.82) is 0 Å². The van der Waals surface area contributed by atoms with Gasteiger partial charge >= 0.3 is 0 Å². The van der Waals surface area contributed by atoms with Crippen molar-refractivity contribution in [1.82, 2.24) is 0 Å². The molecule has 0 aromatic heterocycles. The summed E-state index contributed by atoms with van der Waals surface area (Å²) in [4.78, 5) is 12.1. The van der Waals surface area contributed by atoms with Gasteiger partial charge in [-0.3, -0.25) is 4.79 Å². The van der Waals surface area contributed by atoms with Crippen LogP contribution in [0.1, 0.15) is 45.1 Å². The van der Waals surface area contributed by atoms with Gasteiger partial charge in [0.2, 0.25) is 5.91 Å². The first-order chi connectivity index (χ1) is 10.8. The maximum atomic E-state index is 12.1. The molecule has 128 valence electrons. The molecule has 0 bridgehead atoms. The summed E-state index contributed by atoms with van der Waals surface area (Å²) < 4.78 is 24.0. The molecule has 1 amide bonds. The maximum Gasteiger partial charge on any atom is 0.224 e. The summed E-state index contributed by atoms with van der Waals surface area (Å²) in [6.45, 7) is 3.34. The van der Waals surface area contributed by atoms with E-state index in [0.29, 0.717) is 17.7 Å². The Balaban J connectivity index is 1.98. The number of hydrogen-bond acceptors (Lipinski definition) is 4. The molecule has 1 saturated carbocycles. The molecule has 2 rings (SSSR count). The highest BCUT2D eigenvalue weighted by atomic mass is 32.2. The zero-order valence-corrected chi connectivity index (χ0v) is 14.6. The van der Waals surface area contributed by atoms with E-state index in [4.69, 9.17) is 5.73 Å². The lowest BCUT2D eigenvalue weighted by atomic mass is 10.00. The van der Waals surface area contributed by atoms with Crippen molar-refractivity contribution in [3.8, 4) is 0 Å². The van der Waals surface area contributed by atoms with Crippen molar-refractivity contribution in [2.75, 3.05) is 5.32 Å². The monoisotopic (exact) mass is 338 g/mol. The molecule has 0 spiro atoms. The standard InChI is InChI=1S/C17H26N2O3S/c1-12(2)23(21,22)11-13-5-3-7-15(9-13)19-17(20)10-14-6-4-8-16(14)18/h3,5,7,9,12,14,16H,4,6,8,10-11,18H2,1-2H3,(H,19,20)/t14-,16+/m0/s1. The first-order valence-corrected chi connectivity index (χ1v) is 9.85. The van der Waals surface area contributed by atoms with Crippen LogP contribution in [0.25, 0.3) is 0 Å². The lowest BCUT2D eigenvalue weighted by Gasteiger charge is -2.15. The van der Waals surface area contributed by atoms with E-state index in [9.17, 15) is 13.2 Å². The quantitative estimate of drug-likeness (QED) is 0.834. The van der Waals surface area contributed by atoms with Crippen molar-refractivity contribution in [2.24, 2.45) is 11.7 Å². The summed E-state index contributed by atoms with van der Waals surface area (Å²) in [6.07, 6.45) is 3.50. The Morgan fingerprint density at radius 3 is 2.70 bits per heavy atom. The fourth-order valence-corrected chi connectivity index (χ4v) is 3.88. The van der Waals surface area contributed by atoms with Crippen LogP contribution < -0.4 is 11.1 Å². The Hall–Kier alpha value is -1.40. The molecule has 0 unspecified atom stereocenters. The summed E-state index contributed by atoms with van der Waals surface area (Å²) in [7, 11) is -3.15. The van der Waals surface area contributed by atoms with Crippen molar-refractivity contribution < 1.29 is 13.2 Å². The summed E-state index contributed by atoms with van der Waals surface area (Å²) in [5, 5.41) is 2.44. The van der Waals surface area contributed by atoms with Crippen LogP contribution >= 0.6 is 0 Å². The molecule has 0 aliphatic heterocycles. The van der Waals surface area contributed by atoms with E-state index in [2.05, 4.69) is 5.32 Å². The highest BCUT2D eigenvalue weighted by Crippen LogP contribution is 2.27. The van der Waals surface area contributed by atoms with Crippen LogP contribution in [0.2, 0.25) is 0 Å². The zero-order chi connectivity index (χ0) is 17.0. The van der Waals surface area contributed by atoms with E-state index < -0.39 is 15.1 Å². The normalized spacial score (nSPS) is 21.6. The smallest absolute Gasteiger partial charge is 0.224 e. The molecule has 5 nitrogen and oxygen atoms in total. The predicted octanol–water partition coefficient (Wildman–Crippen LogP) is 2.47. The average Bonchev–Trinajstić information content (AvgIpc) is 2.83. The van der Waals surface area contributed by atoms with Crippen LogP contribution in [0.3, 0.4) is 0 Å². The van der Waals surface area contributed by atoms with E-state index in [1.165, 1.54) is 0 Å². The van der Waals surface area contributed by atoms with Crippen LogP contribution in [0.4, 0.5) is 5.69 Å². The predicted molar refractivity (Wildman–Crippen MR) is 92.8 cm³/mol. The van der Waals surface area contributed by atoms with E-state index in [0.717, 1.165) is 19.3 Å². The molecule has 3 N–H and O–H groups in total. The Bertz CT molecular complexity index is 656. The molecule has 0 saturated heterocycles. The van der Waals surface area contributed by atoms with Gasteiger partial charge in [0.15, 0.2) is 9.84 Å². The third-order valence-electron chi connectivity index (χ3n) is 4.46. The Kier molecular flexibility index (Phi) is 5.81. The third-order valence-corrected chi connectivity index (χ3v) is 6.63. The van der Waals surface area contributed by atoms with Gasteiger partial charge in [0.1, 0.15) is 0 Å². The number of amides is 1. The molecule has 1 aliphatic rings. The van der Waals surface area contributed by atoms with E-state index in [1.807, 2.05) is 0 Å². The minimum atomic E-state index is -3.15. The van der Waals surface area contributed by atoms with Crippen molar-refractivity contribution in [2.45, 2.75) is 56.6 Å². The number of carbonyl (C=O) groups excluding carboxylic acids is 1. The highest BCUT2D eigenvalue weighted by molar-refractivity contribution is 7.91. The number of rotatable bonds is 6. The van der Waals surface area contributed by atoms with Gasteiger partial charge in [0, 0.05) is 18.2 Å². The van der Waals surface area contributed by atoms with Gasteiger partial charge in [-0.25, -0.2) is 8.42 Å². The number of nitrogens with two attached hydrogens (primary N) is 1. The number of nitrogens with one attached hydrogen (secondary N) is 1. The summed E-state index contributed by atoms with van der Waals surface area (Å²) in [6, 6.07) is 7.15. The maximum absolute atomic E-state index is 12.1. The molecule has 1 fully saturated rings. The van der Waals surface area contributed by atoms with Gasteiger partial charge in [0.25, 0.3) is 0 Å². The summed E-state index contributed by atoms with van der Waals surface area (Å²) in [5.74, 6) is 0.178. The first kappa shape index (κ1) is 17.9. The van der Waals surface area contributed by atoms with Crippen molar-refractivity contribution in [3.05, 3.63) is 29.8 Å². The topological polar surface area (TPSA) is 89.3 Å². The average molecular weight is 338 g/mol. The molecule has 0 radical (unpaired) electrons. The zero-order valence-electron chi connectivity index (χ0n) is 13.8. The fourth-order valence-electron chi connectivity index (χ4n) is 2.91. The number of benzene rings is 1. The number of hydrogen-bond donors (Lipinski definition) is 2. The highest BCUT2D eigenvalue weighted by Gasteiger charge is 2.26. The molecule has 1 aromatic carbocycles. The molecule has 1 aromatic rings. The molecule has 2 atom stereocenters. The molecule has 6 heteroatoms. The Morgan fingerprint density at radius 2 is 2.09 bits per heavy atom. The SMILES string of the molecule is CC(C)S(=O)(=O)Cc1cccc(NC(=O)C[C@@H]2CCC[C@H]2N)c1. The van der Waals surface area contributed by atoms with Gasteiger partial charge in [-0.05, 0) is 50.3 Å². The van der Waals surface area contributed by atoms with Gasteiger partial charge in [-0.1, -0.05) is 18.6 Å². The molecule has 23 heavy (non-hydrogen) atoms. The Labute approximate surface area is 138 Å². The van der Waals surface area contributed by atoms with Crippen molar-refractivity contribution in [3.63, 3.8) is 0 Å². The summed E-state index contributed by atoms with van der Waals surface area (Å²) in [5.41, 5.74) is 7.32. The second-order valence-electron chi connectivity index (χ2n) is 6.66. The van der Waals surface area contributed by atoms with Gasteiger partial charge in [-0.15, -0.1) is 0 Å². The molecule has 1 aliphatic carbocycles. The number of anilines is 1. The van der Waals surface area contributed by atoms with Crippen LogP contribution in [0.5, 0.6) is 0 Å². The van der Waals surface area contributed by atoms with Gasteiger partial charge in [0.05, 0.1) is 11.0 Å². The minimum absolute atomic E-state index is 0.0120. The van der Waals surface area contributed by atoms with Crippen LogP contribution in [-0.2, 0) is 20.4 Å². The van der Waals surface area contributed by atoms with Crippen LogP contribution in [0, 0.1) is 5.92 Å². The third kappa shape index (κ3) is 5.04. The molecular formula is C17H26N2O3S. The van der Waals surface area contributed by atoms with Crippen molar-refractivity contribution >= 4 is 21.4 Å². The van der Waals surface area contributed by atoms with Crippen LogP contribution in [0.15, 0.2) is 24.3 Å². The van der Waals surface area contributed by atoms with Gasteiger partial charge in [-0.2, -0.15) is 0 Å².